The smallest absolute Gasteiger partial charge is 0.410 e. The van der Waals surface area contributed by atoms with Gasteiger partial charge in [-0.3, -0.25) is 19.2 Å². The van der Waals surface area contributed by atoms with E-state index in [0.29, 0.717) is 6.54 Å². The molecule has 0 aromatic carbocycles. The minimum atomic E-state index is -1.32. The molecule has 15 heteroatoms. The maximum absolute atomic E-state index is 12.6. The van der Waals surface area contributed by atoms with Gasteiger partial charge in [-0.1, -0.05) is 0 Å². The van der Waals surface area contributed by atoms with E-state index in [1.54, 1.807) is 25.7 Å². The van der Waals surface area contributed by atoms with Gasteiger partial charge in [0.05, 0.1) is 6.04 Å². The third kappa shape index (κ3) is 10.4. The molecule has 2 N–H and O–H groups in total. The Morgan fingerprint density at radius 3 is 2.02 bits per heavy atom. The first-order valence-electron chi connectivity index (χ1n) is 12.9. The second kappa shape index (κ2) is 14.4. The van der Waals surface area contributed by atoms with Crippen LogP contribution in [0.25, 0.3) is 0 Å². The number of rotatable bonds is 8. The van der Waals surface area contributed by atoms with Gasteiger partial charge in [-0.25, -0.2) is 4.79 Å². The summed E-state index contributed by atoms with van der Waals surface area (Å²) in [6.45, 7) is 10.5. The van der Waals surface area contributed by atoms with Crippen LogP contribution in [0.4, 0.5) is 4.79 Å². The molecule has 0 radical (unpaired) electrons. The van der Waals surface area contributed by atoms with E-state index in [-0.39, 0.29) is 24.3 Å². The van der Waals surface area contributed by atoms with Crippen molar-refractivity contribution in [1.82, 2.24) is 15.5 Å². The standard InChI is InChI=1S/C25H39N3O11S/c1-13(29)34-12-18-19(35-14(2)30)20(36-15(3)31)21(37-16(4)32)22(38-18)27-23(40)26-11-17-9-8-10-28(17)24(33)39-25(5,6)7/h17-22H,8-12H2,1-7H3,(H2,26,27,40)/t17-,18+,19+,20-,21+,22+/m0/s1. The second-order valence-corrected chi connectivity index (χ2v) is 10.9. The van der Waals surface area contributed by atoms with E-state index in [9.17, 15) is 24.0 Å². The number of thiocarbonyl (C=S) groups is 1. The summed E-state index contributed by atoms with van der Waals surface area (Å²) in [6, 6.07) is -0.190. The molecule has 1 amide bonds. The Labute approximate surface area is 238 Å². The van der Waals surface area contributed by atoms with Gasteiger partial charge in [-0.15, -0.1) is 0 Å². The van der Waals surface area contributed by atoms with E-state index < -0.39 is 66.2 Å². The zero-order valence-electron chi connectivity index (χ0n) is 23.8. The minimum absolute atomic E-state index is 0.0805. The van der Waals surface area contributed by atoms with Crippen molar-refractivity contribution in [3.8, 4) is 0 Å². The minimum Gasteiger partial charge on any atom is -0.463 e. The molecule has 2 fully saturated rings. The van der Waals surface area contributed by atoms with Gasteiger partial charge in [0.25, 0.3) is 0 Å². The number of carbonyl (C=O) groups is 5. The lowest BCUT2D eigenvalue weighted by atomic mass is 9.97. The summed E-state index contributed by atoms with van der Waals surface area (Å²) >= 11 is 5.44. The summed E-state index contributed by atoms with van der Waals surface area (Å²) in [4.78, 5) is 61.5. The fourth-order valence-electron chi connectivity index (χ4n) is 4.34. The normalized spacial score (nSPS) is 26.2. The maximum atomic E-state index is 12.6. The van der Waals surface area contributed by atoms with E-state index in [1.165, 1.54) is 6.92 Å². The van der Waals surface area contributed by atoms with Gasteiger partial charge < -0.3 is 44.0 Å². The van der Waals surface area contributed by atoms with E-state index in [0.717, 1.165) is 33.6 Å². The number of amides is 1. The Kier molecular flexibility index (Phi) is 11.9. The van der Waals surface area contributed by atoms with Crippen molar-refractivity contribution < 1.29 is 52.4 Å². The topological polar surface area (TPSA) is 168 Å². The number of hydrogen-bond acceptors (Lipinski definition) is 12. The number of nitrogens with one attached hydrogen (secondary N) is 2. The molecule has 0 aromatic heterocycles. The monoisotopic (exact) mass is 589 g/mol. The lowest BCUT2D eigenvalue weighted by molar-refractivity contribution is -0.254. The van der Waals surface area contributed by atoms with Crippen molar-refractivity contribution in [1.29, 1.82) is 0 Å². The van der Waals surface area contributed by atoms with Gasteiger partial charge in [0.15, 0.2) is 29.7 Å². The molecule has 0 bridgehead atoms. The van der Waals surface area contributed by atoms with Crippen LogP contribution in [0.1, 0.15) is 61.3 Å². The highest BCUT2D eigenvalue weighted by Gasteiger charge is 2.52. The number of likely N-dealkylation sites (tertiary alicyclic amines) is 1. The van der Waals surface area contributed by atoms with E-state index in [4.69, 9.17) is 40.6 Å². The molecule has 40 heavy (non-hydrogen) atoms. The SMILES string of the molecule is CC(=O)OC[C@H]1O[C@@H](NC(=S)NC[C@@H]2CCCN2C(=O)OC(C)(C)C)[C@H](OC(C)=O)[C@@H](OC(C)=O)[C@@H]1OC(C)=O. The predicted molar refractivity (Wildman–Crippen MR) is 142 cm³/mol. The van der Waals surface area contributed by atoms with E-state index in [1.807, 2.05) is 0 Å². The number of hydrogen-bond donors (Lipinski definition) is 2. The summed E-state index contributed by atoms with van der Waals surface area (Å²) in [5.41, 5.74) is -0.635. The van der Waals surface area contributed by atoms with E-state index >= 15 is 0 Å². The van der Waals surface area contributed by atoms with Crippen molar-refractivity contribution in [3.05, 3.63) is 0 Å². The molecular formula is C25H39N3O11S. The molecule has 0 aliphatic carbocycles. The average molecular weight is 590 g/mol. The quantitative estimate of drug-likeness (QED) is 0.233. The zero-order valence-corrected chi connectivity index (χ0v) is 24.7. The lowest BCUT2D eigenvalue weighted by Crippen LogP contribution is -2.67. The Hall–Kier alpha value is -3.20. The van der Waals surface area contributed by atoms with Gasteiger partial charge in [-0.05, 0) is 45.8 Å². The Morgan fingerprint density at radius 2 is 1.48 bits per heavy atom. The van der Waals surface area contributed by atoms with Crippen LogP contribution in [0.2, 0.25) is 0 Å². The van der Waals surface area contributed by atoms with Crippen LogP contribution in [0, 0.1) is 0 Å². The molecule has 0 aromatic rings. The lowest BCUT2D eigenvalue weighted by Gasteiger charge is -2.44. The molecule has 0 unspecified atom stereocenters. The summed E-state index contributed by atoms with van der Waals surface area (Å²) in [7, 11) is 0. The molecule has 2 saturated heterocycles. The third-order valence-electron chi connectivity index (χ3n) is 5.77. The first-order valence-corrected chi connectivity index (χ1v) is 13.3. The van der Waals surface area contributed by atoms with Crippen molar-refractivity contribution >= 4 is 47.3 Å². The van der Waals surface area contributed by atoms with Crippen LogP contribution in [-0.4, -0.2) is 102 Å². The highest BCUT2D eigenvalue weighted by molar-refractivity contribution is 7.80. The van der Waals surface area contributed by atoms with Crippen LogP contribution in [0.15, 0.2) is 0 Å². The van der Waals surface area contributed by atoms with Crippen molar-refractivity contribution in [2.24, 2.45) is 0 Å². The molecular weight excluding hydrogens is 550 g/mol. The predicted octanol–water partition coefficient (Wildman–Crippen LogP) is 0.933. The second-order valence-electron chi connectivity index (χ2n) is 10.4. The largest absolute Gasteiger partial charge is 0.463 e. The molecule has 0 spiro atoms. The first kappa shape index (κ1) is 33.0. The van der Waals surface area contributed by atoms with Crippen LogP contribution in [-0.2, 0) is 47.6 Å². The van der Waals surface area contributed by atoms with Crippen LogP contribution >= 0.6 is 12.2 Å². The number of esters is 4. The summed E-state index contributed by atoms with van der Waals surface area (Å²) in [5.74, 6) is -2.82. The molecule has 2 rings (SSSR count). The Balaban J connectivity index is 2.21. The Bertz CT molecular complexity index is 970. The highest BCUT2D eigenvalue weighted by Crippen LogP contribution is 2.28. The van der Waals surface area contributed by atoms with Crippen LogP contribution < -0.4 is 10.6 Å². The highest BCUT2D eigenvalue weighted by atomic mass is 32.1. The van der Waals surface area contributed by atoms with Gasteiger partial charge in [0.1, 0.15) is 18.3 Å². The summed E-state index contributed by atoms with van der Waals surface area (Å²) < 4.78 is 32.7. The number of nitrogens with zero attached hydrogens (tertiary/aromatic N) is 1. The Morgan fingerprint density at radius 1 is 0.900 bits per heavy atom. The zero-order chi connectivity index (χ0) is 30.2. The average Bonchev–Trinajstić information content (AvgIpc) is 3.27. The summed E-state index contributed by atoms with van der Waals surface area (Å²) in [5, 5.41) is 6.00. The molecule has 2 heterocycles. The molecule has 226 valence electrons. The van der Waals surface area contributed by atoms with Gasteiger partial charge in [0.2, 0.25) is 0 Å². The van der Waals surface area contributed by atoms with E-state index in [2.05, 4.69) is 10.6 Å². The fraction of sp³-hybridized carbons (Fsp3) is 0.760. The molecule has 6 atom stereocenters. The maximum Gasteiger partial charge on any atom is 0.410 e. The molecule has 0 saturated carbocycles. The summed E-state index contributed by atoms with van der Waals surface area (Å²) in [6.07, 6.45) is -5.10. The van der Waals surface area contributed by atoms with Crippen molar-refractivity contribution in [2.75, 3.05) is 19.7 Å². The molecule has 2 aliphatic rings. The van der Waals surface area contributed by atoms with Gasteiger partial charge in [0, 0.05) is 40.8 Å². The van der Waals surface area contributed by atoms with Crippen molar-refractivity contribution in [2.45, 2.75) is 104 Å². The molecule has 2 aliphatic heterocycles. The van der Waals surface area contributed by atoms with Gasteiger partial charge in [-0.2, -0.15) is 0 Å². The molecule has 14 nitrogen and oxygen atoms in total. The van der Waals surface area contributed by atoms with Crippen LogP contribution in [0.5, 0.6) is 0 Å². The first-order chi connectivity index (χ1) is 18.6. The van der Waals surface area contributed by atoms with Crippen molar-refractivity contribution in [3.63, 3.8) is 0 Å². The number of carbonyl (C=O) groups excluding carboxylic acids is 5. The van der Waals surface area contributed by atoms with Gasteiger partial charge >= 0.3 is 30.0 Å². The number of ether oxygens (including phenoxy) is 6. The fourth-order valence-corrected chi connectivity index (χ4v) is 4.54. The third-order valence-corrected chi connectivity index (χ3v) is 6.03. The van der Waals surface area contributed by atoms with Crippen LogP contribution in [0.3, 0.4) is 0 Å².